The standard InChI is InChI=1S/C29H43F3N4O5Si/c1-10-20(6)42(18(2)3,19(4)5)41-36-25-22(15-24(26(36)37)33-27(38)40-28(7,8)9)17-35(34-25)16-21-11-13-23(14-12-21)39-29(30,31)32/h11-14,17-20,24H,10,15-16H2,1-9H3,(H,33,38)/t20?,24-/m0/s1. The van der Waals surface area contributed by atoms with Gasteiger partial charge in [0, 0.05) is 18.2 Å². The molecule has 13 heteroatoms. The molecule has 0 saturated heterocycles. The molecule has 1 unspecified atom stereocenters. The van der Waals surface area contributed by atoms with Crippen LogP contribution in [-0.2, 0) is 27.0 Å². The summed E-state index contributed by atoms with van der Waals surface area (Å²) in [6.07, 6.45) is -2.68. The van der Waals surface area contributed by atoms with Crippen LogP contribution >= 0.6 is 0 Å². The summed E-state index contributed by atoms with van der Waals surface area (Å²) in [4.78, 5) is 26.6. The van der Waals surface area contributed by atoms with Crippen LogP contribution in [-0.4, -0.2) is 48.1 Å². The molecule has 0 radical (unpaired) electrons. The van der Waals surface area contributed by atoms with Crippen molar-refractivity contribution in [2.45, 2.75) is 116 Å². The lowest BCUT2D eigenvalue weighted by molar-refractivity contribution is -0.274. The minimum absolute atomic E-state index is 0.169. The Morgan fingerprint density at radius 2 is 1.69 bits per heavy atom. The Balaban J connectivity index is 1.99. The number of benzene rings is 1. The van der Waals surface area contributed by atoms with Crippen molar-refractivity contribution < 1.29 is 36.8 Å². The van der Waals surface area contributed by atoms with Crippen molar-refractivity contribution in [3.8, 4) is 5.75 Å². The summed E-state index contributed by atoms with van der Waals surface area (Å²) in [6, 6.07) is 4.58. The number of hydroxylamine groups is 1. The van der Waals surface area contributed by atoms with E-state index in [0.29, 0.717) is 16.9 Å². The molecule has 1 aliphatic rings. The fourth-order valence-corrected chi connectivity index (χ4v) is 11.0. The average molecular weight is 613 g/mol. The fraction of sp³-hybridized carbons (Fsp3) is 0.621. The molecule has 2 amide bonds. The van der Waals surface area contributed by atoms with E-state index in [1.54, 1.807) is 31.6 Å². The highest BCUT2D eigenvalue weighted by Crippen LogP contribution is 2.46. The van der Waals surface area contributed by atoms with Gasteiger partial charge < -0.3 is 19.3 Å². The van der Waals surface area contributed by atoms with Crippen molar-refractivity contribution in [1.82, 2.24) is 15.1 Å². The summed E-state index contributed by atoms with van der Waals surface area (Å²) < 4.78 is 55.5. The second kappa shape index (κ2) is 12.7. The minimum atomic E-state index is -4.78. The minimum Gasteiger partial charge on any atom is -0.444 e. The summed E-state index contributed by atoms with van der Waals surface area (Å²) in [5, 5.41) is 8.67. The first-order valence-corrected chi connectivity index (χ1v) is 16.4. The van der Waals surface area contributed by atoms with Crippen molar-refractivity contribution in [1.29, 1.82) is 0 Å². The number of alkyl halides is 3. The molecule has 1 aromatic carbocycles. The number of anilines is 1. The van der Waals surface area contributed by atoms with E-state index in [1.165, 1.54) is 29.3 Å². The molecule has 1 aromatic heterocycles. The molecule has 0 fully saturated rings. The van der Waals surface area contributed by atoms with E-state index < -0.39 is 38.3 Å². The van der Waals surface area contributed by atoms with E-state index in [2.05, 4.69) is 56.7 Å². The number of carbonyl (C=O) groups excluding carboxylic acids is 2. The van der Waals surface area contributed by atoms with E-state index in [4.69, 9.17) is 9.26 Å². The third-order valence-electron chi connectivity index (χ3n) is 7.56. The Labute approximate surface area is 246 Å². The molecular weight excluding hydrogens is 569 g/mol. The number of nitrogens with zero attached hydrogens (tertiary/aromatic N) is 3. The molecule has 9 nitrogen and oxygen atoms in total. The molecule has 0 bridgehead atoms. The molecule has 0 saturated carbocycles. The van der Waals surface area contributed by atoms with Crippen molar-refractivity contribution in [2.75, 3.05) is 5.06 Å². The Kier molecular flexibility index (Phi) is 10.1. The topological polar surface area (TPSA) is 94.9 Å². The summed E-state index contributed by atoms with van der Waals surface area (Å²) >= 11 is 0. The average Bonchev–Trinajstić information content (AvgIpc) is 3.24. The molecule has 1 N–H and O–H groups in total. The van der Waals surface area contributed by atoms with Gasteiger partial charge in [0.2, 0.25) is 8.32 Å². The van der Waals surface area contributed by atoms with Crippen molar-refractivity contribution in [3.05, 3.63) is 41.6 Å². The number of nitrogens with one attached hydrogen (secondary N) is 1. The van der Waals surface area contributed by atoms with Crippen molar-refractivity contribution in [3.63, 3.8) is 0 Å². The van der Waals surface area contributed by atoms with Crippen LogP contribution < -0.4 is 15.1 Å². The zero-order chi connectivity index (χ0) is 31.6. The lowest BCUT2D eigenvalue weighted by Crippen LogP contribution is -2.60. The number of hydrogen-bond donors (Lipinski definition) is 1. The molecule has 1 aliphatic heterocycles. The maximum atomic E-state index is 13.9. The Bertz CT molecular complexity index is 1230. The van der Waals surface area contributed by atoms with Crippen LogP contribution in [0.4, 0.5) is 23.8 Å². The largest absolute Gasteiger partial charge is 0.573 e. The molecule has 3 rings (SSSR count). The summed E-state index contributed by atoms with van der Waals surface area (Å²) in [7, 11) is -2.64. The van der Waals surface area contributed by atoms with Gasteiger partial charge in [-0.3, -0.25) is 9.48 Å². The van der Waals surface area contributed by atoms with E-state index in [0.717, 1.165) is 6.42 Å². The van der Waals surface area contributed by atoms with E-state index in [1.807, 2.05) is 0 Å². The summed E-state index contributed by atoms with van der Waals surface area (Å²) in [5.41, 5.74) is 1.17. The molecule has 42 heavy (non-hydrogen) atoms. The number of carbonyl (C=O) groups is 2. The maximum absolute atomic E-state index is 13.9. The number of fused-ring (bicyclic) bond motifs is 1. The predicted molar refractivity (Wildman–Crippen MR) is 156 cm³/mol. The van der Waals surface area contributed by atoms with Crippen LogP contribution in [0.3, 0.4) is 0 Å². The predicted octanol–water partition coefficient (Wildman–Crippen LogP) is 7.11. The summed E-state index contributed by atoms with van der Waals surface area (Å²) in [6.45, 7) is 18.2. The van der Waals surface area contributed by atoms with Crippen LogP contribution in [0, 0.1) is 0 Å². The second-order valence-corrected chi connectivity index (χ2v) is 17.7. The molecule has 0 aliphatic carbocycles. The van der Waals surface area contributed by atoms with Crippen LogP contribution in [0.15, 0.2) is 30.5 Å². The lowest BCUT2D eigenvalue weighted by atomic mass is 10.0. The molecular formula is C29H43F3N4O5Si. The van der Waals surface area contributed by atoms with Crippen LogP contribution in [0.2, 0.25) is 16.6 Å². The molecule has 0 spiro atoms. The van der Waals surface area contributed by atoms with Gasteiger partial charge in [0.05, 0.1) is 6.54 Å². The van der Waals surface area contributed by atoms with Crippen LogP contribution in [0.5, 0.6) is 5.75 Å². The van der Waals surface area contributed by atoms with E-state index >= 15 is 0 Å². The number of aromatic nitrogens is 2. The number of alkyl carbamates (subject to hydrolysis) is 1. The maximum Gasteiger partial charge on any atom is 0.573 e. The number of ether oxygens (including phenoxy) is 2. The van der Waals surface area contributed by atoms with Gasteiger partial charge in [-0.15, -0.1) is 13.2 Å². The Morgan fingerprint density at radius 3 is 2.19 bits per heavy atom. The number of hydrogen-bond acceptors (Lipinski definition) is 6. The normalized spacial score (nSPS) is 17.0. The zero-order valence-electron chi connectivity index (χ0n) is 25.8. The van der Waals surface area contributed by atoms with Crippen LogP contribution in [0.25, 0.3) is 0 Å². The molecule has 2 heterocycles. The monoisotopic (exact) mass is 612 g/mol. The molecule has 2 atom stereocenters. The zero-order valence-corrected chi connectivity index (χ0v) is 26.8. The number of rotatable bonds is 10. The highest BCUT2D eigenvalue weighted by molar-refractivity contribution is 6.78. The highest BCUT2D eigenvalue weighted by atomic mass is 28.4. The third kappa shape index (κ3) is 7.85. The van der Waals surface area contributed by atoms with Gasteiger partial charge in [0.1, 0.15) is 17.4 Å². The van der Waals surface area contributed by atoms with E-state index in [-0.39, 0.29) is 35.3 Å². The van der Waals surface area contributed by atoms with Crippen molar-refractivity contribution >= 4 is 26.1 Å². The SMILES string of the molecule is CCC(C)[Si](ON1C(=O)[C@@H](NC(=O)OC(C)(C)C)Cc2cn(Cc3ccc(OC(F)(F)F)cc3)nc21)(C(C)C)C(C)C. The van der Waals surface area contributed by atoms with Gasteiger partial charge in [-0.25, -0.2) is 4.79 Å². The van der Waals surface area contributed by atoms with Crippen LogP contribution in [0.1, 0.15) is 79.9 Å². The Hall–Kier alpha value is -3.06. The fourth-order valence-electron chi connectivity index (χ4n) is 5.62. The Morgan fingerprint density at radius 1 is 1.10 bits per heavy atom. The lowest BCUT2D eigenvalue weighted by Gasteiger charge is -2.46. The molecule has 234 valence electrons. The smallest absolute Gasteiger partial charge is 0.444 e. The van der Waals surface area contributed by atoms with Gasteiger partial charge in [-0.05, 0) is 55.1 Å². The first-order valence-electron chi connectivity index (χ1n) is 14.3. The third-order valence-corrected chi connectivity index (χ3v) is 13.6. The quantitative estimate of drug-likeness (QED) is 0.288. The van der Waals surface area contributed by atoms with Crippen molar-refractivity contribution in [2.24, 2.45) is 0 Å². The first kappa shape index (κ1) is 33.4. The van der Waals surface area contributed by atoms with Gasteiger partial charge in [0.15, 0.2) is 5.82 Å². The van der Waals surface area contributed by atoms with Gasteiger partial charge in [-0.2, -0.15) is 10.2 Å². The van der Waals surface area contributed by atoms with Gasteiger partial charge in [0.25, 0.3) is 5.91 Å². The number of halogens is 3. The first-order chi connectivity index (χ1) is 19.4. The van der Waals surface area contributed by atoms with Gasteiger partial charge in [-0.1, -0.05) is 60.1 Å². The second-order valence-electron chi connectivity index (χ2n) is 12.5. The highest BCUT2D eigenvalue weighted by Gasteiger charge is 2.51. The van der Waals surface area contributed by atoms with Gasteiger partial charge >= 0.3 is 12.5 Å². The van der Waals surface area contributed by atoms with E-state index in [9.17, 15) is 22.8 Å². The molecule has 2 aromatic rings. The summed E-state index contributed by atoms with van der Waals surface area (Å²) in [5.74, 6) is -0.407. The number of amides is 2.